The summed E-state index contributed by atoms with van der Waals surface area (Å²) in [5.74, 6) is -4.04. The van der Waals surface area contributed by atoms with Crippen LogP contribution >= 0.6 is 0 Å². The molecule has 0 radical (unpaired) electrons. The second-order valence-electron chi connectivity index (χ2n) is 4.61. The van der Waals surface area contributed by atoms with E-state index in [0.29, 0.717) is 0 Å². The summed E-state index contributed by atoms with van der Waals surface area (Å²) in [5, 5.41) is 0. The fourth-order valence-corrected chi connectivity index (χ4v) is 2.01. The Morgan fingerprint density at radius 1 is 1.04 bits per heavy atom. The van der Waals surface area contributed by atoms with Crippen LogP contribution in [0.5, 0.6) is 5.75 Å². The maximum atomic E-state index is 14.0. The molecule has 0 atom stereocenters. The highest BCUT2D eigenvalue weighted by Crippen LogP contribution is 2.30. The van der Waals surface area contributed by atoms with Crippen LogP contribution in [0, 0.1) is 11.6 Å². The number of hydrogen-bond donors (Lipinski definition) is 0. The summed E-state index contributed by atoms with van der Waals surface area (Å²) in [7, 11) is 0. The van der Waals surface area contributed by atoms with Gasteiger partial charge in [-0.25, -0.2) is 13.6 Å². The van der Waals surface area contributed by atoms with E-state index in [-0.39, 0.29) is 17.7 Å². The number of benzene rings is 2. The van der Waals surface area contributed by atoms with Gasteiger partial charge in [-0.15, -0.1) is 13.2 Å². The summed E-state index contributed by atoms with van der Waals surface area (Å²) >= 11 is 0. The average molecular weight is 346 g/mol. The highest BCUT2D eigenvalue weighted by atomic mass is 19.4. The standard InChI is InChI=1S/C16H11F5O3/c1-2-23-15(22)14-12(17)7-10(8-13(14)18)9-4-3-5-11(6-9)24-16(19,20)21/h3-8H,2H2,1H3. The Bertz CT molecular complexity index is 733. The molecule has 24 heavy (non-hydrogen) atoms. The van der Waals surface area contributed by atoms with E-state index in [4.69, 9.17) is 0 Å². The van der Waals surface area contributed by atoms with Crippen LogP contribution in [0.2, 0.25) is 0 Å². The topological polar surface area (TPSA) is 35.5 Å². The average Bonchev–Trinajstić information content (AvgIpc) is 2.45. The van der Waals surface area contributed by atoms with Crippen LogP contribution in [0.15, 0.2) is 36.4 Å². The van der Waals surface area contributed by atoms with Gasteiger partial charge in [-0.3, -0.25) is 0 Å². The van der Waals surface area contributed by atoms with Crippen LogP contribution in [-0.2, 0) is 4.74 Å². The summed E-state index contributed by atoms with van der Waals surface area (Å²) in [6.07, 6.45) is -4.89. The molecule has 0 aliphatic heterocycles. The quantitative estimate of drug-likeness (QED) is 0.594. The molecule has 0 aliphatic carbocycles. The highest BCUT2D eigenvalue weighted by molar-refractivity contribution is 5.90. The third-order valence-electron chi connectivity index (χ3n) is 2.92. The predicted octanol–water partition coefficient (Wildman–Crippen LogP) is 4.71. The predicted molar refractivity (Wildman–Crippen MR) is 74.4 cm³/mol. The van der Waals surface area contributed by atoms with Crippen molar-refractivity contribution in [3.8, 4) is 16.9 Å². The third-order valence-corrected chi connectivity index (χ3v) is 2.92. The fourth-order valence-electron chi connectivity index (χ4n) is 2.01. The fraction of sp³-hybridized carbons (Fsp3) is 0.188. The molecular formula is C16H11F5O3. The molecule has 0 saturated carbocycles. The lowest BCUT2D eigenvalue weighted by molar-refractivity contribution is -0.274. The Labute approximate surface area is 133 Å². The SMILES string of the molecule is CCOC(=O)c1c(F)cc(-c2cccc(OC(F)(F)F)c2)cc1F. The number of carbonyl (C=O) groups excluding carboxylic acids is 1. The van der Waals surface area contributed by atoms with Crippen molar-refractivity contribution in [1.82, 2.24) is 0 Å². The van der Waals surface area contributed by atoms with E-state index in [1.54, 1.807) is 0 Å². The maximum absolute atomic E-state index is 14.0. The molecule has 128 valence electrons. The van der Waals surface area contributed by atoms with E-state index in [2.05, 4.69) is 9.47 Å². The van der Waals surface area contributed by atoms with Gasteiger partial charge in [0.05, 0.1) is 6.61 Å². The normalized spacial score (nSPS) is 11.2. The second kappa shape index (κ2) is 6.86. The Kier molecular flexibility index (Phi) is 5.06. The Morgan fingerprint density at radius 3 is 2.21 bits per heavy atom. The molecule has 0 bridgehead atoms. The van der Waals surface area contributed by atoms with Gasteiger partial charge in [0.25, 0.3) is 0 Å². The molecule has 8 heteroatoms. The van der Waals surface area contributed by atoms with Crippen molar-refractivity contribution in [1.29, 1.82) is 0 Å². The number of carbonyl (C=O) groups is 1. The number of ether oxygens (including phenoxy) is 2. The zero-order valence-corrected chi connectivity index (χ0v) is 12.3. The molecule has 2 aromatic rings. The maximum Gasteiger partial charge on any atom is 0.573 e. The minimum atomic E-state index is -4.89. The van der Waals surface area contributed by atoms with Crippen molar-refractivity contribution in [3.05, 3.63) is 53.6 Å². The van der Waals surface area contributed by atoms with E-state index in [9.17, 15) is 26.7 Å². The first kappa shape index (κ1) is 17.7. The van der Waals surface area contributed by atoms with E-state index in [0.717, 1.165) is 24.3 Å². The van der Waals surface area contributed by atoms with Crippen molar-refractivity contribution in [2.24, 2.45) is 0 Å². The second-order valence-corrected chi connectivity index (χ2v) is 4.61. The Hall–Kier alpha value is -2.64. The van der Waals surface area contributed by atoms with Crippen LogP contribution in [-0.4, -0.2) is 18.9 Å². The largest absolute Gasteiger partial charge is 0.573 e. The van der Waals surface area contributed by atoms with Gasteiger partial charge in [-0.05, 0) is 42.3 Å². The first-order valence-corrected chi connectivity index (χ1v) is 6.73. The zero-order chi connectivity index (χ0) is 17.9. The lowest BCUT2D eigenvalue weighted by Gasteiger charge is -2.11. The first-order chi connectivity index (χ1) is 11.2. The number of alkyl halides is 3. The van der Waals surface area contributed by atoms with Gasteiger partial charge in [0.1, 0.15) is 22.9 Å². The number of hydrogen-bond acceptors (Lipinski definition) is 3. The van der Waals surface area contributed by atoms with Gasteiger partial charge >= 0.3 is 12.3 Å². The van der Waals surface area contributed by atoms with E-state index in [1.165, 1.54) is 19.1 Å². The van der Waals surface area contributed by atoms with Crippen LogP contribution < -0.4 is 4.74 Å². The van der Waals surface area contributed by atoms with Crippen LogP contribution in [0.25, 0.3) is 11.1 Å². The molecule has 0 spiro atoms. The lowest BCUT2D eigenvalue weighted by Crippen LogP contribution is -2.17. The molecule has 0 N–H and O–H groups in total. The van der Waals surface area contributed by atoms with E-state index >= 15 is 0 Å². The van der Waals surface area contributed by atoms with Gasteiger partial charge in [0, 0.05) is 0 Å². The summed E-state index contributed by atoms with van der Waals surface area (Å²) in [4.78, 5) is 11.5. The summed E-state index contributed by atoms with van der Waals surface area (Å²) in [6, 6.07) is 6.29. The van der Waals surface area contributed by atoms with Crippen molar-refractivity contribution in [3.63, 3.8) is 0 Å². The summed E-state index contributed by atoms with van der Waals surface area (Å²) in [5.41, 5.74) is -0.820. The third kappa shape index (κ3) is 4.21. The first-order valence-electron chi connectivity index (χ1n) is 6.73. The molecule has 0 aromatic heterocycles. The number of esters is 1. The van der Waals surface area contributed by atoms with E-state index < -0.39 is 35.3 Å². The summed E-state index contributed by atoms with van der Waals surface area (Å²) in [6.45, 7) is 1.42. The van der Waals surface area contributed by atoms with Crippen molar-refractivity contribution in [2.75, 3.05) is 6.61 Å². The molecule has 0 amide bonds. The molecule has 0 fully saturated rings. The van der Waals surface area contributed by atoms with Crippen molar-refractivity contribution < 1.29 is 36.2 Å². The minimum Gasteiger partial charge on any atom is -0.462 e. The Morgan fingerprint density at radius 2 is 1.67 bits per heavy atom. The van der Waals surface area contributed by atoms with Crippen LogP contribution in [0.3, 0.4) is 0 Å². The van der Waals surface area contributed by atoms with Crippen molar-refractivity contribution in [2.45, 2.75) is 13.3 Å². The molecule has 0 saturated heterocycles. The smallest absolute Gasteiger partial charge is 0.462 e. The molecule has 2 aromatic carbocycles. The number of rotatable bonds is 4. The van der Waals surface area contributed by atoms with E-state index in [1.807, 2.05) is 0 Å². The highest BCUT2D eigenvalue weighted by Gasteiger charge is 2.31. The number of halogens is 5. The van der Waals surface area contributed by atoms with Gasteiger partial charge in [-0.2, -0.15) is 0 Å². The lowest BCUT2D eigenvalue weighted by atomic mass is 10.0. The molecule has 0 unspecified atom stereocenters. The van der Waals surface area contributed by atoms with Gasteiger partial charge in [0.2, 0.25) is 0 Å². The summed E-state index contributed by atoms with van der Waals surface area (Å²) < 4.78 is 73.0. The molecular weight excluding hydrogens is 335 g/mol. The van der Waals surface area contributed by atoms with Gasteiger partial charge < -0.3 is 9.47 Å². The Balaban J connectivity index is 2.40. The van der Waals surface area contributed by atoms with Crippen molar-refractivity contribution >= 4 is 5.97 Å². The monoisotopic (exact) mass is 346 g/mol. The molecule has 0 heterocycles. The zero-order valence-electron chi connectivity index (χ0n) is 12.3. The molecule has 2 rings (SSSR count). The van der Waals surface area contributed by atoms with Crippen LogP contribution in [0.4, 0.5) is 22.0 Å². The van der Waals surface area contributed by atoms with Gasteiger partial charge in [0.15, 0.2) is 0 Å². The minimum absolute atomic E-state index is 0.0503. The molecule has 3 nitrogen and oxygen atoms in total. The molecule has 0 aliphatic rings. The van der Waals surface area contributed by atoms with Crippen LogP contribution in [0.1, 0.15) is 17.3 Å². The van der Waals surface area contributed by atoms with Gasteiger partial charge in [-0.1, -0.05) is 12.1 Å².